The Morgan fingerprint density at radius 2 is 1.86 bits per heavy atom. The van der Waals surface area contributed by atoms with Crippen LogP contribution in [0, 0.1) is 5.92 Å². The second-order valence-corrected chi connectivity index (χ2v) is 5.08. The van der Waals surface area contributed by atoms with E-state index in [1.54, 1.807) is 24.3 Å². The van der Waals surface area contributed by atoms with Crippen molar-refractivity contribution in [2.45, 2.75) is 19.0 Å². The number of carbonyl (C=O) groups excluding carboxylic acids is 1. The normalized spacial score (nSPS) is 17.4. The van der Waals surface area contributed by atoms with E-state index < -0.39 is 18.1 Å². The van der Waals surface area contributed by atoms with E-state index in [4.69, 9.17) is 0 Å². The van der Waals surface area contributed by atoms with E-state index in [0.717, 1.165) is 4.68 Å². The zero-order valence-electron chi connectivity index (χ0n) is 11.0. The molecule has 0 radical (unpaired) electrons. The molecule has 0 N–H and O–H groups in total. The third-order valence-electron chi connectivity index (χ3n) is 3.76. The lowest BCUT2D eigenvalue weighted by Gasteiger charge is -2.32. The number of halogens is 3. The highest BCUT2D eigenvalue weighted by molar-refractivity contribution is 5.87. The van der Waals surface area contributed by atoms with Crippen molar-refractivity contribution in [3.05, 3.63) is 24.3 Å². The highest BCUT2D eigenvalue weighted by atomic mass is 19.4. The van der Waals surface area contributed by atoms with Gasteiger partial charge >= 0.3 is 12.2 Å². The van der Waals surface area contributed by atoms with Crippen LogP contribution in [0.3, 0.4) is 0 Å². The third-order valence-corrected chi connectivity index (χ3v) is 3.76. The van der Waals surface area contributed by atoms with Gasteiger partial charge < -0.3 is 4.90 Å². The number of alkyl halides is 3. The minimum Gasteiger partial charge on any atom is -0.323 e. The standard InChI is InChI=1S/C13H13F3N4O/c14-13(15,16)9-5-7-19(8-6-9)12(21)20-11-4-2-1-3-10(11)17-18-20/h1-4,9H,5-8H2. The maximum Gasteiger partial charge on any atom is 0.391 e. The molecule has 2 aromatic rings. The van der Waals surface area contributed by atoms with Crippen LogP contribution in [0.1, 0.15) is 12.8 Å². The smallest absolute Gasteiger partial charge is 0.323 e. The lowest BCUT2D eigenvalue weighted by molar-refractivity contribution is -0.183. The fraction of sp³-hybridized carbons (Fsp3) is 0.462. The Morgan fingerprint density at radius 3 is 2.52 bits per heavy atom. The number of nitrogens with zero attached hydrogens (tertiary/aromatic N) is 4. The van der Waals surface area contributed by atoms with Crippen molar-refractivity contribution >= 4 is 17.1 Å². The van der Waals surface area contributed by atoms with Crippen molar-refractivity contribution in [1.29, 1.82) is 0 Å². The van der Waals surface area contributed by atoms with Crippen LogP contribution >= 0.6 is 0 Å². The van der Waals surface area contributed by atoms with Crippen molar-refractivity contribution < 1.29 is 18.0 Å². The quantitative estimate of drug-likeness (QED) is 0.751. The predicted molar refractivity (Wildman–Crippen MR) is 68.7 cm³/mol. The van der Waals surface area contributed by atoms with Crippen molar-refractivity contribution in [3.8, 4) is 0 Å². The van der Waals surface area contributed by atoms with Crippen LogP contribution in [-0.2, 0) is 0 Å². The molecule has 21 heavy (non-hydrogen) atoms. The van der Waals surface area contributed by atoms with E-state index in [2.05, 4.69) is 10.3 Å². The van der Waals surface area contributed by atoms with E-state index >= 15 is 0 Å². The van der Waals surface area contributed by atoms with E-state index in [9.17, 15) is 18.0 Å². The molecule has 0 saturated carbocycles. The van der Waals surface area contributed by atoms with Gasteiger partial charge in [-0.05, 0) is 25.0 Å². The van der Waals surface area contributed by atoms with Crippen molar-refractivity contribution in [2.24, 2.45) is 5.92 Å². The monoisotopic (exact) mass is 298 g/mol. The SMILES string of the molecule is O=C(N1CCC(C(F)(F)F)CC1)n1nnc2ccccc21. The Hall–Kier alpha value is -2.12. The van der Waals surface area contributed by atoms with E-state index in [0.29, 0.717) is 11.0 Å². The highest BCUT2D eigenvalue weighted by Crippen LogP contribution is 2.34. The van der Waals surface area contributed by atoms with E-state index in [1.807, 2.05) is 0 Å². The van der Waals surface area contributed by atoms with E-state index in [-0.39, 0.29) is 25.9 Å². The van der Waals surface area contributed by atoms with Gasteiger partial charge in [0.1, 0.15) is 5.52 Å². The molecule has 0 spiro atoms. The van der Waals surface area contributed by atoms with Gasteiger partial charge in [0.05, 0.1) is 11.4 Å². The molecule has 1 aromatic heterocycles. The number of piperidine rings is 1. The molecule has 3 rings (SSSR count). The zero-order valence-corrected chi connectivity index (χ0v) is 11.0. The molecule has 8 heteroatoms. The third kappa shape index (κ3) is 2.57. The Kier molecular flexibility index (Phi) is 3.30. The molecule has 1 saturated heterocycles. The number of rotatable bonds is 0. The second-order valence-electron chi connectivity index (χ2n) is 5.08. The Labute approximate surface area is 118 Å². The summed E-state index contributed by atoms with van der Waals surface area (Å²) in [5.41, 5.74) is 1.14. The van der Waals surface area contributed by atoms with Gasteiger partial charge in [-0.25, -0.2) is 4.79 Å². The summed E-state index contributed by atoms with van der Waals surface area (Å²) in [6.45, 7) is 0.161. The summed E-state index contributed by atoms with van der Waals surface area (Å²) in [5, 5.41) is 7.67. The lowest BCUT2D eigenvalue weighted by Crippen LogP contribution is -2.44. The molecule has 2 heterocycles. The second kappa shape index (κ2) is 5.01. The molecule has 1 aliphatic rings. The van der Waals surface area contributed by atoms with Crippen molar-refractivity contribution in [1.82, 2.24) is 19.9 Å². The molecule has 0 unspecified atom stereocenters. The van der Waals surface area contributed by atoms with Gasteiger partial charge in [-0.3, -0.25) is 0 Å². The molecular weight excluding hydrogens is 285 g/mol. The molecule has 5 nitrogen and oxygen atoms in total. The van der Waals surface area contributed by atoms with Gasteiger partial charge in [-0.2, -0.15) is 17.9 Å². The van der Waals surface area contributed by atoms with Crippen LogP contribution in [-0.4, -0.2) is 45.2 Å². The van der Waals surface area contributed by atoms with Gasteiger partial charge in [0.15, 0.2) is 0 Å². The summed E-state index contributed by atoms with van der Waals surface area (Å²) >= 11 is 0. The fourth-order valence-corrected chi connectivity index (χ4v) is 2.54. The molecule has 0 atom stereocenters. The largest absolute Gasteiger partial charge is 0.391 e. The summed E-state index contributed by atoms with van der Waals surface area (Å²) < 4.78 is 39.0. The Balaban J connectivity index is 1.75. The molecule has 1 aliphatic heterocycles. The van der Waals surface area contributed by atoms with Crippen LogP contribution in [0.2, 0.25) is 0 Å². The number of carbonyl (C=O) groups is 1. The van der Waals surface area contributed by atoms with Crippen molar-refractivity contribution in [3.63, 3.8) is 0 Å². The Morgan fingerprint density at radius 1 is 1.19 bits per heavy atom. The van der Waals surface area contributed by atoms with Gasteiger partial charge in [0, 0.05) is 13.1 Å². The summed E-state index contributed by atoms with van der Waals surface area (Å²) in [6, 6.07) is 6.54. The first-order valence-electron chi connectivity index (χ1n) is 6.63. The maximum atomic E-state index is 12.6. The molecule has 1 fully saturated rings. The first kappa shape index (κ1) is 13.8. The predicted octanol–water partition coefficient (Wildman–Crippen LogP) is 2.67. The zero-order chi connectivity index (χ0) is 15.0. The summed E-state index contributed by atoms with van der Waals surface area (Å²) in [4.78, 5) is 13.7. The van der Waals surface area contributed by atoms with Gasteiger partial charge in [-0.1, -0.05) is 17.3 Å². The number of fused-ring (bicyclic) bond motifs is 1. The molecule has 112 valence electrons. The van der Waals surface area contributed by atoms with Crippen LogP contribution in [0.4, 0.5) is 18.0 Å². The van der Waals surface area contributed by atoms with Gasteiger partial charge in [0.2, 0.25) is 0 Å². The topological polar surface area (TPSA) is 51.0 Å². The first-order chi connectivity index (χ1) is 9.97. The Bertz CT molecular complexity index is 659. The number of hydrogen-bond donors (Lipinski definition) is 0. The maximum absolute atomic E-state index is 12.6. The number of para-hydroxylation sites is 1. The van der Waals surface area contributed by atoms with Crippen LogP contribution in [0.15, 0.2) is 24.3 Å². The fourth-order valence-electron chi connectivity index (χ4n) is 2.54. The number of benzene rings is 1. The number of amides is 1. The molecule has 1 amide bonds. The minimum atomic E-state index is -4.19. The van der Waals surface area contributed by atoms with Crippen LogP contribution in [0.5, 0.6) is 0 Å². The average molecular weight is 298 g/mol. The summed E-state index contributed by atoms with van der Waals surface area (Å²) in [6.07, 6.45) is -4.32. The number of aromatic nitrogens is 3. The van der Waals surface area contributed by atoms with Crippen LogP contribution in [0.25, 0.3) is 11.0 Å². The van der Waals surface area contributed by atoms with Crippen LogP contribution < -0.4 is 0 Å². The molecule has 0 aliphatic carbocycles. The highest BCUT2D eigenvalue weighted by Gasteiger charge is 2.42. The van der Waals surface area contributed by atoms with E-state index in [1.165, 1.54) is 4.90 Å². The first-order valence-corrected chi connectivity index (χ1v) is 6.63. The van der Waals surface area contributed by atoms with Gasteiger partial charge in [0.25, 0.3) is 0 Å². The summed E-state index contributed by atoms with van der Waals surface area (Å²) in [7, 11) is 0. The number of hydrogen-bond acceptors (Lipinski definition) is 3. The number of likely N-dealkylation sites (tertiary alicyclic amines) is 1. The molecule has 0 bridgehead atoms. The molecular formula is C13H13F3N4O. The van der Waals surface area contributed by atoms with Gasteiger partial charge in [-0.15, -0.1) is 5.10 Å². The average Bonchev–Trinajstić information content (AvgIpc) is 2.90. The molecule has 1 aromatic carbocycles. The lowest BCUT2D eigenvalue weighted by atomic mass is 9.96. The summed E-state index contributed by atoms with van der Waals surface area (Å²) in [5.74, 6) is -1.32. The van der Waals surface area contributed by atoms with Crippen molar-refractivity contribution in [2.75, 3.05) is 13.1 Å². The minimum absolute atomic E-state index is 0.0676.